The summed E-state index contributed by atoms with van der Waals surface area (Å²) in [5.74, 6) is 0.490. The van der Waals surface area contributed by atoms with Gasteiger partial charge in [0.25, 0.3) is 5.69 Å². The fraction of sp³-hybridized carbons (Fsp3) is 0.458. The van der Waals surface area contributed by atoms with E-state index in [0.29, 0.717) is 44.3 Å². The van der Waals surface area contributed by atoms with Crippen molar-refractivity contribution in [2.75, 3.05) is 44.2 Å². The smallest absolute Gasteiger partial charge is 0.293 e. The number of hydrogen-bond acceptors (Lipinski definition) is 7. The molecule has 1 aromatic carbocycles. The molecule has 0 spiro atoms. The Kier molecular flexibility index (Phi) is 6.47. The van der Waals surface area contributed by atoms with Gasteiger partial charge in [0.15, 0.2) is 0 Å². The summed E-state index contributed by atoms with van der Waals surface area (Å²) in [4.78, 5) is 20.3. The van der Waals surface area contributed by atoms with Gasteiger partial charge in [0, 0.05) is 64.3 Å². The van der Waals surface area contributed by atoms with Crippen LogP contribution in [0.15, 0.2) is 53.7 Å². The van der Waals surface area contributed by atoms with Crippen LogP contribution in [0.1, 0.15) is 25.5 Å². The van der Waals surface area contributed by atoms with E-state index in [0.717, 1.165) is 37.3 Å². The molecule has 4 heterocycles. The van der Waals surface area contributed by atoms with Gasteiger partial charge in [-0.3, -0.25) is 15.0 Å². The number of aromatic nitrogens is 2. The second-order valence-corrected chi connectivity index (χ2v) is 11.4. The third-order valence-corrected chi connectivity index (χ3v) is 8.93. The Morgan fingerprint density at radius 1 is 1.06 bits per heavy atom. The Labute approximate surface area is 205 Å². The third-order valence-electron chi connectivity index (χ3n) is 7.04. The second kappa shape index (κ2) is 9.56. The molecule has 0 saturated carbocycles. The molecule has 0 atom stereocenters. The van der Waals surface area contributed by atoms with E-state index in [1.165, 1.54) is 16.4 Å². The minimum atomic E-state index is -3.75. The number of piperazine rings is 1. The highest BCUT2D eigenvalue weighted by Gasteiger charge is 2.31. The average molecular weight is 499 g/mol. The van der Waals surface area contributed by atoms with Gasteiger partial charge in [-0.05, 0) is 43.0 Å². The monoisotopic (exact) mass is 498 g/mol. The molecule has 0 N–H and O–H groups in total. The van der Waals surface area contributed by atoms with Crippen molar-refractivity contribution in [2.24, 2.45) is 5.92 Å². The zero-order valence-corrected chi connectivity index (χ0v) is 20.6. The number of fused-ring (bicyclic) bond motifs is 1. The first kappa shape index (κ1) is 23.7. The maximum atomic E-state index is 13.1. The van der Waals surface area contributed by atoms with Crippen LogP contribution >= 0.6 is 0 Å². The molecule has 2 aromatic heterocycles. The van der Waals surface area contributed by atoms with Crippen LogP contribution in [0.3, 0.4) is 0 Å². The summed E-state index contributed by atoms with van der Waals surface area (Å²) in [7, 11) is -3.75. The molecule has 0 unspecified atom stereocenters. The largest absolute Gasteiger partial charge is 0.363 e. The van der Waals surface area contributed by atoms with Gasteiger partial charge in [-0.15, -0.1) is 0 Å². The molecule has 3 aromatic rings. The van der Waals surface area contributed by atoms with Crippen molar-refractivity contribution in [1.82, 2.24) is 18.6 Å². The minimum absolute atomic E-state index is 0.00649. The van der Waals surface area contributed by atoms with Crippen molar-refractivity contribution in [3.05, 3.63) is 64.6 Å². The molecule has 0 amide bonds. The average Bonchev–Trinajstić information content (AvgIpc) is 3.27. The lowest BCUT2D eigenvalue weighted by Crippen LogP contribution is -2.46. The molecule has 35 heavy (non-hydrogen) atoms. The van der Waals surface area contributed by atoms with Crippen LogP contribution in [-0.2, 0) is 16.6 Å². The highest BCUT2D eigenvalue weighted by atomic mass is 32.2. The van der Waals surface area contributed by atoms with Gasteiger partial charge in [0.05, 0.1) is 15.5 Å². The standard InChI is InChI=1S/C24H30N6O4S/c1-19-7-10-29(11-8-19)35(33,34)21-5-6-22(23(16-21)30(31)32)27-14-12-26(13-15-27)17-20-18-28-9-3-2-4-24(28)25-20/h2-6,9,16,18-19H,7-8,10-15,17H2,1H3. The Hall–Kier alpha value is -3.02. The van der Waals surface area contributed by atoms with Crippen LogP contribution in [0.5, 0.6) is 0 Å². The number of rotatable bonds is 6. The zero-order chi connectivity index (χ0) is 24.6. The lowest BCUT2D eigenvalue weighted by molar-refractivity contribution is -0.384. The Morgan fingerprint density at radius 2 is 1.80 bits per heavy atom. The molecule has 0 radical (unpaired) electrons. The van der Waals surface area contributed by atoms with Gasteiger partial charge in [-0.25, -0.2) is 13.4 Å². The number of anilines is 1. The SMILES string of the molecule is CC1CCN(S(=O)(=O)c2ccc(N3CCN(Cc4cn5ccccc5n4)CC3)c([N+](=O)[O-])c2)CC1. The van der Waals surface area contributed by atoms with E-state index >= 15 is 0 Å². The Morgan fingerprint density at radius 3 is 2.49 bits per heavy atom. The number of sulfonamides is 1. The van der Waals surface area contributed by atoms with Gasteiger partial charge < -0.3 is 9.30 Å². The maximum absolute atomic E-state index is 13.1. The topological polar surface area (TPSA) is 104 Å². The molecular formula is C24H30N6O4S. The molecule has 2 saturated heterocycles. The van der Waals surface area contributed by atoms with Crippen molar-refractivity contribution in [1.29, 1.82) is 0 Å². The molecular weight excluding hydrogens is 468 g/mol. The fourth-order valence-corrected chi connectivity index (χ4v) is 6.38. The Bertz CT molecular complexity index is 1290. The molecule has 186 valence electrons. The summed E-state index contributed by atoms with van der Waals surface area (Å²) in [6.45, 7) is 6.42. The molecule has 0 aliphatic carbocycles. The lowest BCUT2D eigenvalue weighted by Gasteiger charge is -2.35. The van der Waals surface area contributed by atoms with Crippen molar-refractivity contribution >= 4 is 27.0 Å². The van der Waals surface area contributed by atoms with Crippen molar-refractivity contribution < 1.29 is 13.3 Å². The molecule has 5 rings (SSSR count). The predicted octanol–water partition coefficient (Wildman–Crippen LogP) is 2.99. The van der Waals surface area contributed by atoms with E-state index in [1.807, 2.05) is 39.9 Å². The summed E-state index contributed by atoms with van der Waals surface area (Å²) in [6.07, 6.45) is 5.60. The number of benzene rings is 1. The lowest BCUT2D eigenvalue weighted by atomic mass is 10.0. The van der Waals surface area contributed by atoms with Crippen molar-refractivity contribution in [3.8, 4) is 0 Å². The predicted molar refractivity (Wildman–Crippen MR) is 133 cm³/mol. The molecule has 2 aliphatic heterocycles. The molecule has 11 heteroatoms. The first-order chi connectivity index (χ1) is 16.8. The number of nitro groups is 1. The third kappa shape index (κ3) is 4.89. The minimum Gasteiger partial charge on any atom is -0.363 e. The van der Waals surface area contributed by atoms with Crippen LogP contribution in [-0.4, -0.2) is 71.2 Å². The number of pyridine rings is 1. The molecule has 2 fully saturated rings. The quantitative estimate of drug-likeness (QED) is 0.380. The van der Waals surface area contributed by atoms with Gasteiger partial charge >= 0.3 is 0 Å². The van der Waals surface area contributed by atoms with Gasteiger partial charge in [0.1, 0.15) is 11.3 Å². The number of piperidine rings is 1. The van der Waals surface area contributed by atoms with Gasteiger partial charge in [-0.1, -0.05) is 13.0 Å². The summed E-state index contributed by atoms with van der Waals surface area (Å²) in [5, 5.41) is 11.9. The number of hydrogen-bond donors (Lipinski definition) is 0. The zero-order valence-electron chi connectivity index (χ0n) is 19.8. The Balaban J connectivity index is 1.29. The van der Waals surface area contributed by atoms with Crippen molar-refractivity contribution in [3.63, 3.8) is 0 Å². The summed E-state index contributed by atoms with van der Waals surface area (Å²) in [5.41, 5.74) is 2.20. The van der Waals surface area contributed by atoms with E-state index in [1.54, 1.807) is 6.07 Å². The molecule has 0 bridgehead atoms. The van der Waals surface area contributed by atoms with Gasteiger partial charge in [0.2, 0.25) is 10.0 Å². The van der Waals surface area contributed by atoms with E-state index in [9.17, 15) is 18.5 Å². The number of nitrogens with zero attached hydrogens (tertiary/aromatic N) is 6. The van der Waals surface area contributed by atoms with Crippen LogP contribution < -0.4 is 4.90 Å². The fourth-order valence-electron chi connectivity index (χ4n) is 4.89. The highest BCUT2D eigenvalue weighted by molar-refractivity contribution is 7.89. The summed E-state index contributed by atoms with van der Waals surface area (Å²) >= 11 is 0. The van der Waals surface area contributed by atoms with Crippen LogP contribution in [0, 0.1) is 16.0 Å². The van der Waals surface area contributed by atoms with Crippen LogP contribution in [0.2, 0.25) is 0 Å². The summed E-state index contributed by atoms with van der Waals surface area (Å²) in [6, 6.07) is 10.2. The van der Waals surface area contributed by atoms with E-state index in [4.69, 9.17) is 0 Å². The first-order valence-electron chi connectivity index (χ1n) is 12.0. The second-order valence-electron chi connectivity index (χ2n) is 9.46. The first-order valence-corrected chi connectivity index (χ1v) is 13.4. The molecule has 10 nitrogen and oxygen atoms in total. The van der Waals surface area contributed by atoms with Gasteiger partial charge in [-0.2, -0.15) is 4.31 Å². The van der Waals surface area contributed by atoms with E-state index in [2.05, 4.69) is 16.8 Å². The highest BCUT2D eigenvalue weighted by Crippen LogP contribution is 2.33. The van der Waals surface area contributed by atoms with Crippen molar-refractivity contribution in [2.45, 2.75) is 31.2 Å². The summed E-state index contributed by atoms with van der Waals surface area (Å²) < 4.78 is 29.7. The van der Waals surface area contributed by atoms with Crippen LogP contribution in [0.4, 0.5) is 11.4 Å². The van der Waals surface area contributed by atoms with Crippen LogP contribution in [0.25, 0.3) is 5.65 Å². The van der Waals surface area contributed by atoms with E-state index in [-0.39, 0.29) is 10.6 Å². The molecule has 2 aliphatic rings. The number of nitro benzene ring substituents is 1. The number of imidazole rings is 1. The maximum Gasteiger partial charge on any atom is 0.293 e. The van der Waals surface area contributed by atoms with E-state index < -0.39 is 14.9 Å². The normalized spacial score (nSPS) is 18.8.